The minimum atomic E-state index is 0.153. The molecule has 0 aromatic carbocycles. The normalized spacial score (nSPS) is 19.0. The van der Waals surface area contributed by atoms with Gasteiger partial charge in [0.1, 0.15) is 4.83 Å². The molecule has 0 spiro atoms. The molecule has 4 nitrogen and oxygen atoms in total. The van der Waals surface area contributed by atoms with E-state index in [1.54, 1.807) is 15.9 Å². The molecule has 0 amide bonds. The SMILES string of the molecule is Cn1c(N2CCCCC2)nc2sc3c(c2c1=O)CCCC3. The van der Waals surface area contributed by atoms with Gasteiger partial charge < -0.3 is 4.90 Å². The van der Waals surface area contributed by atoms with Crippen molar-refractivity contribution in [1.82, 2.24) is 9.55 Å². The van der Waals surface area contributed by atoms with Crippen molar-refractivity contribution in [3.8, 4) is 0 Å². The minimum Gasteiger partial charge on any atom is -0.342 e. The van der Waals surface area contributed by atoms with E-state index < -0.39 is 0 Å². The van der Waals surface area contributed by atoms with Crippen LogP contribution >= 0.6 is 11.3 Å². The van der Waals surface area contributed by atoms with Crippen LogP contribution in [0, 0.1) is 0 Å². The summed E-state index contributed by atoms with van der Waals surface area (Å²) in [5.74, 6) is 0.866. The van der Waals surface area contributed by atoms with E-state index in [0.717, 1.165) is 42.1 Å². The Hall–Kier alpha value is -1.36. The van der Waals surface area contributed by atoms with Crippen molar-refractivity contribution in [2.45, 2.75) is 44.9 Å². The molecule has 21 heavy (non-hydrogen) atoms. The number of piperidine rings is 1. The average molecular weight is 303 g/mol. The molecular formula is C16H21N3OS. The van der Waals surface area contributed by atoms with Crippen molar-refractivity contribution in [3.63, 3.8) is 0 Å². The Morgan fingerprint density at radius 1 is 1.05 bits per heavy atom. The second-order valence-electron chi connectivity index (χ2n) is 6.21. The van der Waals surface area contributed by atoms with Gasteiger partial charge in [-0.1, -0.05) is 0 Å². The van der Waals surface area contributed by atoms with Gasteiger partial charge in [-0.05, 0) is 50.5 Å². The van der Waals surface area contributed by atoms with E-state index in [9.17, 15) is 4.79 Å². The van der Waals surface area contributed by atoms with Gasteiger partial charge in [0, 0.05) is 25.0 Å². The lowest BCUT2D eigenvalue weighted by molar-refractivity contribution is 0.558. The van der Waals surface area contributed by atoms with E-state index >= 15 is 0 Å². The van der Waals surface area contributed by atoms with Gasteiger partial charge in [-0.25, -0.2) is 4.98 Å². The van der Waals surface area contributed by atoms with Gasteiger partial charge in [-0.3, -0.25) is 9.36 Å². The third kappa shape index (κ3) is 2.09. The van der Waals surface area contributed by atoms with Crippen LogP contribution < -0.4 is 10.5 Å². The fourth-order valence-electron chi connectivity index (χ4n) is 3.65. The summed E-state index contributed by atoms with van der Waals surface area (Å²) in [6.07, 6.45) is 8.33. The number of thiophene rings is 1. The quantitative estimate of drug-likeness (QED) is 0.813. The van der Waals surface area contributed by atoms with Gasteiger partial charge in [-0.15, -0.1) is 11.3 Å². The molecule has 1 aliphatic heterocycles. The van der Waals surface area contributed by atoms with Crippen LogP contribution in [-0.4, -0.2) is 22.6 Å². The number of anilines is 1. The Balaban J connectivity index is 1.90. The maximum absolute atomic E-state index is 12.8. The Morgan fingerprint density at radius 3 is 2.62 bits per heavy atom. The highest BCUT2D eigenvalue weighted by atomic mass is 32.1. The Labute approximate surface area is 128 Å². The third-order valence-electron chi connectivity index (χ3n) is 4.81. The van der Waals surface area contributed by atoms with Crippen molar-refractivity contribution >= 4 is 27.5 Å². The maximum Gasteiger partial charge on any atom is 0.263 e. The number of nitrogens with zero attached hydrogens (tertiary/aromatic N) is 3. The fourth-order valence-corrected chi connectivity index (χ4v) is 4.90. The summed E-state index contributed by atoms with van der Waals surface area (Å²) in [6, 6.07) is 0. The molecule has 0 unspecified atom stereocenters. The topological polar surface area (TPSA) is 38.1 Å². The van der Waals surface area contributed by atoms with E-state index in [2.05, 4.69) is 4.90 Å². The van der Waals surface area contributed by atoms with Crippen molar-refractivity contribution in [2.24, 2.45) is 7.05 Å². The summed E-state index contributed by atoms with van der Waals surface area (Å²) in [4.78, 5) is 22.3. The molecule has 112 valence electrons. The van der Waals surface area contributed by atoms with Crippen LogP contribution in [0.2, 0.25) is 0 Å². The standard InChI is InChI=1S/C16H21N3OS/c1-18-15(20)13-11-7-3-4-8-12(11)21-14(13)17-16(18)19-9-5-2-6-10-19/h2-10H2,1H3. The first-order valence-electron chi connectivity index (χ1n) is 8.02. The Morgan fingerprint density at radius 2 is 1.81 bits per heavy atom. The highest BCUT2D eigenvalue weighted by Gasteiger charge is 2.23. The molecule has 1 fully saturated rings. The van der Waals surface area contributed by atoms with Crippen LogP contribution in [0.25, 0.3) is 10.2 Å². The third-order valence-corrected chi connectivity index (χ3v) is 6.00. The van der Waals surface area contributed by atoms with E-state index in [1.807, 2.05) is 7.05 Å². The second kappa shape index (κ2) is 5.13. The number of hydrogen-bond acceptors (Lipinski definition) is 4. The number of hydrogen-bond donors (Lipinski definition) is 0. The fraction of sp³-hybridized carbons (Fsp3) is 0.625. The number of fused-ring (bicyclic) bond motifs is 3. The van der Waals surface area contributed by atoms with Crippen molar-refractivity contribution < 1.29 is 0 Å². The molecule has 2 aromatic heterocycles. The lowest BCUT2D eigenvalue weighted by Crippen LogP contribution is -2.35. The average Bonchev–Trinajstić information content (AvgIpc) is 2.90. The van der Waals surface area contributed by atoms with Gasteiger partial charge in [0.2, 0.25) is 5.95 Å². The predicted molar refractivity (Wildman–Crippen MR) is 87.6 cm³/mol. The largest absolute Gasteiger partial charge is 0.342 e. The molecule has 0 radical (unpaired) electrons. The highest BCUT2D eigenvalue weighted by Crippen LogP contribution is 2.34. The molecule has 4 rings (SSSR count). The predicted octanol–water partition coefficient (Wildman–Crippen LogP) is 2.86. The summed E-state index contributed by atoms with van der Waals surface area (Å²) in [7, 11) is 1.88. The zero-order chi connectivity index (χ0) is 14.4. The molecule has 3 heterocycles. The summed E-state index contributed by atoms with van der Waals surface area (Å²) in [6.45, 7) is 2.05. The van der Waals surface area contributed by atoms with Crippen LogP contribution in [0.15, 0.2) is 4.79 Å². The van der Waals surface area contributed by atoms with Crippen molar-refractivity contribution in [1.29, 1.82) is 0 Å². The second-order valence-corrected chi connectivity index (χ2v) is 7.30. The van der Waals surface area contributed by atoms with Crippen molar-refractivity contribution in [3.05, 3.63) is 20.8 Å². The highest BCUT2D eigenvalue weighted by molar-refractivity contribution is 7.18. The zero-order valence-electron chi connectivity index (χ0n) is 12.5. The molecule has 2 aromatic rings. The van der Waals surface area contributed by atoms with Crippen LogP contribution in [0.4, 0.5) is 5.95 Å². The van der Waals surface area contributed by atoms with E-state index in [0.29, 0.717) is 0 Å². The summed E-state index contributed by atoms with van der Waals surface area (Å²) < 4.78 is 1.77. The van der Waals surface area contributed by atoms with E-state index in [1.165, 1.54) is 42.5 Å². The molecular weight excluding hydrogens is 282 g/mol. The van der Waals surface area contributed by atoms with E-state index in [-0.39, 0.29) is 5.56 Å². The van der Waals surface area contributed by atoms with Crippen LogP contribution in [0.3, 0.4) is 0 Å². The lowest BCUT2D eigenvalue weighted by atomic mass is 9.97. The van der Waals surface area contributed by atoms with Crippen molar-refractivity contribution in [2.75, 3.05) is 18.0 Å². The summed E-state index contributed by atoms with van der Waals surface area (Å²) in [5, 5.41) is 0.901. The van der Waals surface area contributed by atoms with Crippen LogP contribution in [-0.2, 0) is 19.9 Å². The first-order valence-corrected chi connectivity index (χ1v) is 8.83. The summed E-state index contributed by atoms with van der Waals surface area (Å²) in [5.41, 5.74) is 1.44. The van der Waals surface area contributed by atoms with Gasteiger partial charge in [-0.2, -0.15) is 0 Å². The minimum absolute atomic E-state index is 0.153. The molecule has 0 saturated carbocycles. The zero-order valence-corrected chi connectivity index (χ0v) is 13.3. The van der Waals surface area contributed by atoms with Crippen LogP contribution in [0.1, 0.15) is 42.5 Å². The number of aromatic nitrogens is 2. The first-order chi connectivity index (χ1) is 10.3. The number of aryl methyl sites for hydroxylation is 2. The molecule has 1 aliphatic carbocycles. The Bertz CT molecular complexity index is 740. The maximum atomic E-state index is 12.8. The van der Waals surface area contributed by atoms with Gasteiger partial charge >= 0.3 is 0 Å². The molecule has 5 heteroatoms. The van der Waals surface area contributed by atoms with Crippen LogP contribution in [0.5, 0.6) is 0 Å². The van der Waals surface area contributed by atoms with Gasteiger partial charge in [0.25, 0.3) is 5.56 Å². The van der Waals surface area contributed by atoms with E-state index in [4.69, 9.17) is 4.98 Å². The molecule has 0 bridgehead atoms. The number of rotatable bonds is 1. The monoisotopic (exact) mass is 303 g/mol. The molecule has 0 N–H and O–H groups in total. The lowest BCUT2D eigenvalue weighted by Gasteiger charge is -2.28. The Kier molecular flexibility index (Phi) is 3.25. The molecule has 2 aliphatic rings. The van der Waals surface area contributed by atoms with Gasteiger partial charge in [0.15, 0.2) is 0 Å². The van der Waals surface area contributed by atoms with Gasteiger partial charge in [0.05, 0.1) is 5.39 Å². The first kappa shape index (κ1) is 13.3. The smallest absolute Gasteiger partial charge is 0.263 e. The molecule has 0 atom stereocenters. The molecule has 1 saturated heterocycles. The summed E-state index contributed by atoms with van der Waals surface area (Å²) >= 11 is 1.75.